The lowest BCUT2D eigenvalue weighted by atomic mass is 9.77. The first-order chi connectivity index (χ1) is 16.8. The fourth-order valence-electron chi connectivity index (χ4n) is 5.41. The molecule has 0 amide bonds. The van der Waals surface area contributed by atoms with Gasteiger partial charge >= 0.3 is 0 Å². The number of hydrogen-bond acceptors (Lipinski definition) is 2. The molecule has 0 bridgehead atoms. The molecule has 1 fully saturated rings. The molecule has 0 aliphatic heterocycles. The van der Waals surface area contributed by atoms with Crippen molar-refractivity contribution in [2.45, 2.75) is 117 Å². The smallest absolute Gasteiger partial charge is 0.137 e. The summed E-state index contributed by atoms with van der Waals surface area (Å²) in [6.07, 6.45) is 23.7. The van der Waals surface area contributed by atoms with Gasteiger partial charge in [-0.05, 0) is 48.8 Å². The summed E-state index contributed by atoms with van der Waals surface area (Å²) >= 11 is 0. The molecule has 1 aromatic carbocycles. The Labute approximate surface area is 209 Å². The molecule has 1 heterocycles. The average Bonchev–Trinajstić information content (AvgIpc) is 2.89. The van der Waals surface area contributed by atoms with Crippen LogP contribution in [0.25, 0.3) is 11.3 Å². The van der Waals surface area contributed by atoms with Crippen molar-refractivity contribution in [3.8, 4) is 17.0 Å². The minimum absolute atomic E-state index is 0.792. The van der Waals surface area contributed by atoms with Gasteiger partial charge in [0.15, 0.2) is 0 Å². The molecule has 0 spiro atoms. The normalized spacial score (nSPS) is 18.2. The SMILES string of the molecule is CCCCCCCOc1ccc(-c2ccc(CC[C@H]3CC[C@H](CCCCCC)CC3)cc2)nc1. The molecule has 0 atom stereocenters. The molecular weight excluding hydrogens is 414 g/mol. The summed E-state index contributed by atoms with van der Waals surface area (Å²) in [5, 5.41) is 0. The maximum atomic E-state index is 5.86. The Balaban J connectivity index is 1.34. The highest BCUT2D eigenvalue weighted by Gasteiger charge is 2.20. The van der Waals surface area contributed by atoms with Crippen LogP contribution in [0.3, 0.4) is 0 Å². The van der Waals surface area contributed by atoms with Crippen LogP contribution >= 0.6 is 0 Å². The highest BCUT2D eigenvalue weighted by molar-refractivity contribution is 5.59. The molecule has 1 saturated carbocycles. The Hall–Kier alpha value is -1.83. The van der Waals surface area contributed by atoms with Gasteiger partial charge in [-0.15, -0.1) is 0 Å². The van der Waals surface area contributed by atoms with Gasteiger partial charge in [0.1, 0.15) is 5.75 Å². The van der Waals surface area contributed by atoms with Crippen molar-refractivity contribution in [3.63, 3.8) is 0 Å². The van der Waals surface area contributed by atoms with Gasteiger partial charge in [-0.3, -0.25) is 4.98 Å². The van der Waals surface area contributed by atoms with E-state index in [2.05, 4.69) is 55.2 Å². The largest absolute Gasteiger partial charge is 0.492 e. The minimum atomic E-state index is 0.792. The summed E-state index contributed by atoms with van der Waals surface area (Å²) in [6.45, 7) is 5.35. The minimum Gasteiger partial charge on any atom is -0.492 e. The number of hydrogen-bond donors (Lipinski definition) is 0. The van der Waals surface area contributed by atoms with Crippen LogP contribution in [-0.4, -0.2) is 11.6 Å². The summed E-state index contributed by atoms with van der Waals surface area (Å²) in [7, 11) is 0. The molecule has 2 nitrogen and oxygen atoms in total. The topological polar surface area (TPSA) is 22.1 Å². The Morgan fingerprint density at radius 1 is 0.706 bits per heavy atom. The zero-order valence-electron chi connectivity index (χ0n) is 22.1. The van der Waals surface area contributed by atoms with E-state index >= 15 is 0 Å². The molecule has 2 heteroatoms. The lowest BCUT2D eigenvalue weighted by Gasteiger charge is -2.28. The van der Waals surface area contributed by atoms with E-state index < -0.39 is 0 Å². The highest BCUT2D eigenvalue weighted by atomic mass is 16.5. The summed E-state index contributed by atoms with van der Waals surface area (Å²) in [4.78, 5) is 4.64. The van der Waals surface area contributed by atoms with Crippen LogP contribution in [0, 0.1) is 11.8 Å². The molecule has 3 rings (SSSR count). The van der Waals surface area contributed by atoms with E-state index in [1.165, 1.54) is 107 Å². The molecule has 34 heavy (non-hydrogen) atoms. The second-order valence-electron chi connectivity index (χ2n) is 10.6. The lowest BCUT2D eigenvalue weighted by Crippen LogP contribution is -2.15. The van der Waals surface area contributed by atoms with Crippen molar-refractivity contribution in [1.29, 1.82) is 0 Å². The van der Waals surface area contributed by atoms with E-state index in [4.69, 9.17) is 4.74 Å². The van der Waals surface area contributed by atoms with Gasteiger partial charge < -0.3 is 4.74 Å². The van der Waals surface area contributed by atoms with Gasteiger partial charge in [0, 0.05) is 5.56 Å². The van der Waals surface area contributed by atoms with Gasteiger partial charge in [-0.25, -0.2) is 0 Å². The lowest BCUT2D eigenvalue weighted by molar-refractivity contribution is 0.249. The van der Waals surface area contributed by atoms with Crippen molar-refractivity contribution in [2.75, 3.05) is 6.61 Å². The number of aromatic nitrogens is 1. The molecule has 0 radical (unpaired) electrons. The molecule has 0 unspecified atom stereocenters. The van der Waals surface area contributed by atoms with Gasteiger partial charge in [-0.2, -0.15) is 0 Å². The Morgan fingerprint density at radius 3 is 2.00 bits per heavy atom. The van der Waals surface area contributed by atoms with Crippen LogP contribution in [0.1, 0.15) is 116 Å². The third kappa shape index (κ3) is 9.80. The summed E-state index contributed by atoms with van der Waals surface area (Å²) < 4.78 is 5.86. The number of unbranched alkanes of at least 4 members (excludes halogenated alkanes) is 7. The van der Waals surface area contributed by atoms with Crippen molar-refractivity contribution in [3.05, 3.63) is 48.2 Å². The third-order valence-corrected chi connectivity index (χ3v) is 7.78. The highest BCUT2D eigenvalue weighted by Crippen LogP contribution is 2.34. The van der Waals surface area contributed by atoms with Crippen LogP contribution < -0.4 is 4.74 Å². The van der Waals surface area contributed by atoms with Crippen LogP contribution in [0.4, 0.5) is 0 Å². The molecular formula is C32H49NO. The molecule has 2 aromatic rings. The Morgan fingerprint density at radius 2 is 1.35 bits per heavy atom. The maximum Gasteiger partial charge on any atom is 0.137 e. The van der Waals surface area contributed by atoms with E-state index in [1.54, 1.807) is 0 Å². The monoisotopic (exact) mass is 463 g/mol. The quantitative estimate of drug-likeness (QED) is 0.231. The van der Waals surface area contributed by atoms with Gasteiger partial charge in [0.25, 0.3) is 0 Å². The van der Waals surface area contributed by atoms with Crippen LogP contribution in [0.15, 0.2) is 42.6 Å². The predicted octanol–water partition coefficient (Wildman–Crippen LogP) is 9.81. The molecule has 1 aromatic heterocycles. The second kappa shape index (κ2) is 16.0. The van der Waals surface area contributed by atoms with Gasteiger partial charge in [-0.1, -0.05) is 122 Å². The predicted molar refractivity (Wildman–Crippen MR) is 146 cm³/mol. The van der Waals surface area contributed by atoms with Crippen LogP contribution in [0.2, 0.25) is 0 Å². The Kier molecular flexibility index (Phi) is 12.6. The van der Waals surface area contributed by atoms with Crippen LogP contribution in [-0.2, 0) is 6.42 Å². The van der Waals surface area contributed by atoms with E-state index in [0.29, 0.717) is 0 Å². The first-order valence-corrected chi connectivity index (χ1v) is 14.5. The van der Waals surface area contributed by atoms with E-state index in [-0.39, 0.29) is 0 Å². The molecule has 188 valence electrons. The number of aryl methyl sites for hydroxylation is 1. The summed E-state index contributed by atoms with van der Waals surface area (Å²) in [5.41, 5.74) is 3.69. The summed E-state index contributed by atoms with van der Waals surface area (Å²) in [6, 6.07) is 13.2. The average molecular weight is 464 g/mol. The standard InChI is InChI=1S/C32H49NO/c1-3-5-7-9-11-25-34-31-23-24-32(33-26-31)30-21-19-29(20-22-30)18-17-28-15-13-27(14-16-28)12-10-8-6-4-2/h19-24,26-28H,3-18,25H2,1-2H3/t27-,28-. The van der Waals surface area contributed by atoms with Crippen molar-refractivity contribution in [1.82, 2.24) is 4.98 Å². The van der Waals surface area contributed by atoms with Crippen LogP contribution in [0.5, 0.6) is 5.75 Å². The maximum absolute atomic E-state index is 5.86. The van der Waals surface area contributed by atoms with E-state index in [9.17, 15) is 0 Å². The molecule has 0 saturated heterocycles. The number of nitrogens with zero attached hydrogens (tertiary/aromatic N) is 1. The zero-order chi connectivity index (χ0) is 23.8. The number of ether oxygens (including phenoxy) is 1. The number of benzene rings is 1. The van der Waals surface area contributed by atoms with Gasteiger partial charge in [0.05, 0.1) is 18.5 Å². The number of rotatable bonds is 16. The third-order valence-electron chi connectivity index (χ3n) is 7.78. The first kappa shape index (κ1) is 26.8. The molecule has 0 N–H and O–H groups in total. The molecule has 1 aliphatic rings. The fraction of sp³-hybridized carbons (Fsp3) is 0.656. The van der Waals surface area contributed by atoms with Gasteiger partial charge in [0.2, 0.25) is 0 Å². The number of pyridine rings is 1. The molecule has 1 aliphatic carbocycles. The van der Waals surface area contributed by atoms with E-state index in [0.717, 1.165) is 36.3 Å². The van der Waals surface area contributed by atoms with Crippen molar-refractivity contribution < 1.29 is 4.74 Å². The van der Waals surface area contributed by atoms with Crippen molar-refractivity contribution >= 4 is 0 Å². The Bertz CT molecular complexity index is 759. The second-order valence-corrected chi connectivity index (χ2v) is 10.6. The first-order valence-electron chi connectivity index (χ1n) is 14.5. The fourth-order valence-corrected chi connectivity index (χ4v) is 5.41. The van der Waals surface area contributed by atoms with E-state index in [1.807, 2.05) is 6.20 Å². The summed E-state index contributed by atoms with van der Waals surface area (Å²) in [5.74, 6) is 2.83. The zero-order valence-corrected chi connectivity index (χ0v) is 22.1. The van der Waals surface area contributed by atoms with Crippen molar-refractivity contribution in [2.24, 2.45) is 11.8 Å².